The Morgan fingerprint density at radius 3 is 2.65 bits per heavy atom. The highest BCUT2D eigenvalue weighted by Crippen LogP contribution is 2.38. The first-order chi connectivity index (χ1) is 8.27. The minimum atomic E-state index is 0.768. The SMILES string of the molecule is Clc1ccc2[nH]ccc2c1-c1ccccc1Br. The molecule has 0 aliphatic rings. The molecular weight excluding hydrogens is 298 g/mol. The summed E-state index contributed by atoms with van der Waals surface area (Å²) in [6.45, 7) is 0. The van der Waals surface area contributed by atoms with Gasteiger partial charge in [0.05, 0.1) is 0 Å². The van der Waals surface area contributed by atoms with Crippen molar-refractivity contribution in [3.05, 3.63) is 58.2 Å². The molecule has 3 aromatic rings. The molecular formula is C14H9BrClN. The summed E-state index contributed by atoms with van der Waals surface area (Å²) in [5.74, 6) is 0. The number of rotatable bonds is 1. The molecule has 1 aromatic heterocycles. The lowest BCUT2D eigenvalue weighted by atomic mass is 10.0. The van der Waals surface area contributed by atoms with Crippen LogP contribution in [0.2, 0.25) is 5.02 Å². The number of hydrogen-bond donors (Lipinski definition) is 1. The van der Waals surface area contributed by atoms with Gasteiger partial charge < -0.3 is 4.98 Å². The first-order valence-electron chi connectivity index (χ1n) is 5.28. The van der Waals surface area contributed by atoms with E-state index >= 15 is 0 Å². The van der Waals surface area contributed by atoms with Gasteiger partial charge in [-0.2, -0.15) is 0 Å². The largest absolute Gasteiger partial charge is 0.361 e. The van der Waals surface area contributed by atoms with Gasteiger partial charge in [-0.1, -0.05) is 45.7 Å². The number of halogens is 2. The summed E-state index contributed by atoms with van der Waals surface area (Å²) in [5, 5.41) is 1.91. The van der Waals surface area contributed by atoms with E-state index < -0.39 is 0 Å². The molecule has 0 amide bonds. The third-order valence-electron chi connectivity index (χ3n) is 2.83. The minimum Gasteiger partial charge on any atom is -0.361 e. The van der Waals surface area contributed by atoms with Crippen molar-refractivity contribution in [3.8, 4) is 11.1 Å². The van der Waals surface area contributed by atoms with Gasteiger partial charge in [-0.25, -0.2) is 0 Å². The quantitative estimate of drug-likeness (QED) is 0.632. The number of fused-ring (bicyclic) bond motifs is 1. The van der Waals surface area contributed by atoms with E-state index in [4.69, 9.17) is 11.6 Å². The van der Waals surface area contributed by atoms with Gasteiger partial charge in [0.1, 0.15) is 0 Å². The molecule has 0 aliphatic carbocycles. The fourth-order valence-electron chi connectivity index (χ4n) is 2.04. The van der Waals surface area contributed by atoms with Crippen molar-refractivity contribution in [2.24, 2.45) is 0 Å². The van der Waals surface area contributed by atoms with E-state index in [0.717, 1.165) is 31.5 Å². The van der Waals surface area contributed by atoms with Crippen LogP contribution in [0.5, 0.6) is 0 Å². The number of nitrogens with one attached hydrogen (secondary N) is 1. The van der Waals surface area contributed by atoms with Crippen LogP contribution in [-0.4, -0.2) is 4.98 Å². The highest BCUT2D eigenvalue weighted by Gasteiger charge is 2.11. The average Bonchev–Trinajstić information content (AvgIpc) is 2.79. The molecule has 0 atom stereocenters. The summed E-state index contributed by atoms with van der Waals surface area (Å²) < 4.78 is 1.05. The normalized spacial score (nSPS) is 10.9. The van der Waals surface area contributed by atoms with Crippen LogP contribution in [0, 0.1) is 0 Å². The second-order valence-corrected chi connectivity index (χ2v) is 5.10. The molecule has 0 saturated carbocycles. The van der Waals surface area contributed by atoms with E-state index in [-0.39, 0.29) is 0 Å². The number of aromatic amines is 1. The molecule has 1 heterocycles. The minimum absolute atomic E-state index is 0.768. The Bertz CT molecular complexity index is 688. The van der Waals surface area contributed by atoms with Gasteiger partial charge in [0.25, 0.3) is 0 Å². The van der Waals surface area contributed by atoms with Crippen molar-refractivity contribution in [2.45, 2.75) is 0 Å². The van der Waals surface area contributed by atoms with E-state index in [9.17, 15) is 0 Å². The molecule has 2 aromatic carbocycles. The predicted octanol–water partition coefficient (Wildman–Crippen LogP) is 5.25. The Morgan fingerprint density at radius 2 is 1.82 bits per heavy atom. The van der Waals surface area contributed by atoms with Crippen LogP contribution in [0.4, 0.5) is 0 Å². The van der Waals surface area contributed by atoms with Crippen molar-refractivity contribution in [1.29, 1.82) is 0 Å². The molecule has 0 bridgehead atoms. The highest BCUT2D eigenvalue weighted by atomic mass is 79.9. The van der Waals surface area contributed by atoms with E-state index in [1.165, 1.54) is 0 Å². The van der Waals surface area contributed by atoms with Crippen molar-refractivity contribution >= 4 is 38.4 Å². The lowest BCUT2D eigenvalue weighted by Gasteiger charge is -2.08. The second kappa shape index (κ2) is 4.21. The monoisotopic (exact) mass is 305 g/mol. The lowest BCUT2D eigenvalue weighted by Crippen LogP contribution is -1.83. The van der Waals surface area contributed by atoms with E-state index in [0.29, 0.717) is 0 Å². The molecule has 0 spiro atoms. The third-order valence-corrected chi connectivity index (χ3v) is 3.83. The van der Waals surface area contributed by atoms with Crippen molar-refractivity contribution < 1.29 is 0 Å². The Labute approximate surface area is 113 Å². The Morgan fingerprint density at radius 1 is 1.00 bits per heavy atom. The first kappa shape index (κ1) is 10.9. The summed E-state index contributed by atoms with van der Waals surface area (Å²) in [7, 11) is 0. The second-order valence-electron chi connectivity index (χ2n) is 3.84. The molecule has 0 aliphatic heterocycles. The van der Waals surface area contributed by atoms with Gasteiger partial charge >= 0.3 is 0 Å². The molecule has 0 unspecified atom stereocenters. The van der Waals surface area contributed by atoms with Crippen LogP contribution < -0.4 is 0 Å². The Balaban J connectivity index is 2.40. The molecule has 3 heteroatoms. The lowest BCUT2D eigenvalue weighted by molar-refractivity contribution is 1.48. The molecule has 17 heavy (non-hydrogen) atoms. The summed E-state index contributed by atoms with van der Waals surface area (Å²) >= 11 is 9.90. The van der Waals surface area contributed by atoms with Crippen LogP contribution >= 0.6 is 27.5 Å². The van der Waals surface area contributed by atoms with Crippen molar-refractivity contribution in [3.63, 3.8) is 0 Å². The number of benzene rings is 2. The van der Waals surface area contributed by atoms with E-state index in [1.54, 1.807) is 0 Å². The van der Waals surface area contributed by atoms with Crippen LogP contribution in [0.15, 0.2) is 53.1 Å². The zero-order valence-corrected chi connectivity index (χ0v) is 11.2. The van der Waals surface area contributed by atoms with Gasteiger partial charge in [0.15, 0.2) is 0 Å². The highest BCUT2D eigenvalue weighted by molar-refractivity contribution is 9.10. The molecule has 3 rings (SSSR count). The summed E-state index contributed by atoms with van der Waals surface area (Å²) in [4.78, 5) is 3.20. The topological polar surface area (TPSA) is 15.8 Å². The van der Waals surface area contributed by atoms with Gasteiger partial charge in [-0.05, 0) is 29.8 Å². The number of hydrogen-bond acceptors (Lipinski definition) is 0. The Hall–Kier alpha value is -1.25. The number of H-pyrrole nitrogens is 1. The maximum absolute atomic E-state index is 6.33. The standard InChI is InChI=1S/C14H9BrClN/c15-11-4-2-1-3-9(11)14-10-7-8-17-13(10)6-5-12(14)16/h1-8,17H. The van der Waals surface area contributed by atoms with E-state index in [2.05, 4.69) is 33.0 Å². The maximum Gasteiger partial charge on any atom is 0.0492 e. The van der Waals surface area contributed by atoms with Crippen molar-refractivity contribution in [1.82, 2.24) is 4.98 Å². The zero-order valence-electron chi connectivity index (χ0n) is 8.87. The Kier molecular flexibility index (Phi) is 2.69. The van der Waals surface area contributed by atoms with Crippen LogP contribution in [0.1, 0.15) is 0 Å². The van der Waals surface area contributed by atoms with Crippen LogP contribution in [-0.2, 0) is 0 Å². The molecule has 1 N–H and O–H groups in total. The molecule has 1 nitrogen and oxygen atoms in total. The summed E-state index contributed by atoms with van der Waals surface area (Å²) in [5.41, 5.74) is 3.28. The predicted molar refractivity (Wildman–Crippen MR) is 76.4 cm³/mol. The number of aromatic nitrogens is 1. The molecule has 84 valence electrons. The van der Waals surface area contributed by atoms with Crippen molar-refractivity contribution in [2.75, 3.05) is 0 Å². The average molecular weight is 307 g/mol. The fraction of sp³-hybridized carbons (Fsp3) is 0. The third kappa shape index (κ3) is 1.78. The first-order valence-corrected chi connectivity index (χ1v) is 6.45. The molecule has 0 saturated heterocycles. The fourth-order valence-corrected chi connectivity index (χ4v) is 2.79. The van der Waals surface area contributed by atoms with Crippen LogP contribution in [0.25, 0.3) is 22.0 Å². The van der Waals surface area contributed by atoms with Gasteiger partial charge in [-0.3, -0.25) is 0 Å². The molecule has 0 radical (unpaired) electrons. The molecule has 0 fully saturated rings. The van der Waals surface area contributed by atoms with Gasteiger partial charge in [0, 0.05) is 32.2 Å². The summed E-state index contributed by atoms with van der Waals surface area (Å²) in [6.07, 6.45) is 1.93. The summed E-state index contributed by atoms with van der Waals surface area (Å²) in [6, 6.07) is 14.1. The van der Waals surface area contributed by atoms with E-state index in [1.807, 2.05) is 36.5 Å². The maximum atomic E-state index is 6.33. The van der Waals surface area contributed by atoms with Gasteiger partial charge in [0.2, 0.25) is 0 Å². The van der Waals surface area contributed by atoms with Crippen LogP contribution in [0.3, 0.4) is 0 Å². The zero-order chi connectivity index (χ0) is 11.8. The smallest absolute Gasteiger partial charge is 0.0492 e. The van der Waals surface area contributed by atoms with Gasteiger partial charge in [-0.15, -0.1) is 0 Å².